The molecule has 1 N–H and O–H groups in total. The van der Waals surface area contributed by atoms with Crippen LogP contribution in [0, 0.1) is 5.92 Å². The van der Waals surface area contributed by atoms with E-state index in [2.05, 4.69) is 30.4 Å². The molecule has 0 amide bonds. The highest BCUT2D eigenvalue weighted by Crippen LogP contribution is 2.32. The van der Waals surface area contributed by atoms with E-state index in [-0.39, 0.29) is 0 Å². The van der Waals surface area contributed by atoms with Crippen LogP contribution in [0.15, 0.2) is 24.3 Å². The average Bonchev–Trinajstić information content (AvgIpc) is 2.75. The number of rotatable bonds is 6. The predicted molar refractivity (Wildman–Crippen MR) is 85.2 cm³/mol. The van der Waals surface area contributed by atoms with Crippen LogP contribution in [0.3, 0.4) is 0 Å². The molecule has 2 rings (SSSR count). The van der Waals surface area contributed by atoms with Crippen LogP contribution in [-0.4, -0.2) is 13.7 Å². The first kappa shape index (κ1) is 15.4. The molecule has 1 atom stereocenters. The summed E-state index contributed by atoms with van der Waals surface area (Å²) >= 11 is 0. The van der Waals surface area contributed by atoms with Gasteiger partial charge >= 0.3 is 0 Å². The topological polar surface area (TPSA) is 21.3 Å². The van der Waals surface area contributed by atoms with Gasteiger partial charge < -0.3 is 10.1 Å². The van der Waals surface area contributed by atoms with Crippen molar-refractivity contribution in [2.24, 2.45) is 5.92 Å². The molecule has 20 heavy (non-hydrogen) atoms. The molecule has 1 aromatic carbocycles. The van der Waals surface area contributed by atoms with E-state index in [0.717, 1.165) is 18.2 Å². The fourth-order valence-corrected chi connectivity index (χ4v) is 3.37. The van der Waals surface area contributed by atoms with Crippen LogP contribution in [0.25, 0.3) is 0 Å². The van der Waals surface area contributed by atoms with Crippen molar-refractivity contribution < 1.29 is 4.74 Å². The summed E-state index contributed by atoms with van der Waals surface area (Å²) in [5.41, 5.74) is 1.37. The highest BCUT2D eigenvalue weighted by molar-refractivity contribution is 5.30. The summed E-state index contributed by atoms with van der Waals surface area (Å²) in [6, 6.07) is 9.01. The Morgan fingerprint density at radius 2 is 1.95 bits per heavy atom. The molecule has 0 aliphatic heterocycles. The molecule has 0 spiro atoms. The van der Waals surface area contributed by atoms with Gasteiger partial charge in [0.25, 0.3) is 0 Å². The molecular weight excluding hydrogens is 246 g/mol. The van der Waals surface area contributed by atoms with E-state index in [1.165, 1.54) is 50.5 Å². The van der Waals surface area contributed by atoms with Gasteiger partial charge in [0.1, 0.15) is 5.75 Å². The highest BCUT2D eigenvalue weighted by Gasteiger charge is 2.19. The fraction of sp³-hybridized carbons (Fsp3) is 0.667. The molecule has 0 bridgehead atoms. The maximum atomic E-state index is 5.37. The fourth-order valence-electron chi connectivity index (χ4n) is 3.37. The zero-order chi connectivity index (χ0) is 14.2. The van der Waals surface area contributed by atoms with Crippen LogP contribution in [0.5, 0.6) is 5.75 Å². The second-order valence-corrected chi connectivity index (χ2v) is 5.98. The van der Waals surface area contributed by atoms with E-state index >= 15 is 0 Å². The van der Waals surface area contributed by atoms with Crippen molar-refractivity contribution in [2.45, 2.75) is 57.9 Å². The van der Waals surface area contributed by atoms with Gasteiger partial charge in [0.15, 0.2) is 0 Å². The van der Waals surface area contributed by atoms with Gasteiger partial charge in [-0.2, -0.15) is 0 Å². The van der Waals surface area contributed by atoms with Crippen molar-refractivity contribution in [1.82, 2.24) is 5.32 Å². The number of hydrogen-bond donors (Lipinski definition) is 1. The lowest BCUT2D eigenvalue weighted by Crippen LogP contribution is -2.23. The minimum atomic E-state index is 0.471. The largest absolute Gasteiger partial charge is 0.497 e. The first-order valence-electron chi connectivity index (χ1n) is 8.20. The molecule has 1 aliphatic rings. The Bertz CT molecular complexity index is 383. The summed E-state index contributed by atoms with van der Waals surface area (Å²) in [6.45, 7) is 3.22. The van der Waals surface area contributed by atoms with Crippen LogP contribution in [0.2, 0.25) is 0 Å². The van der Waals surface area contributed by atoms with Gasteiger partial charge in [-0.15, -0.1) is 0 Å². The van der Waals surface area contributed by atoms with Crippen molar-refractivity contribution >= 4 is 0 Å². The van der Waals surface area contributed by atoms with Gasteiger partial charge in [0.05, 0.1) is 7.11 Å². The van der Waals surface area contributed by atoms with E-state index in [1.807, 2.05) is 6.07 Å². The van der Waals surface area contributed by atoms with E-state index in [1.54, 1.807) is 7.11 Å². The second kappa shape index (κ2) is 8.31. The third kappa shape index (κ3) is 4.52. The van der Waals surface area contributed by atoms with Crippen LogP contribution < -0.4 is 10.1 Å². The number of nitrogens with one attached hydrogen (secondary N) is 1. The molecule has 1 fully saturated rings. The Morgan fingerprint density at radius 1 is 1.20 bits per heavy atom. The SMILES string of the molecule is CCNC(CC1CCCCCC1)c1cccc(OC)c1. The van der Waals surface area contributed by atoms with Gasteiger partial charge in [-0.3, -0.25) is 0 Å². The first-order valence-corrected chi connectivity index (χ1v) is 8.20. The highest BCUT2D eigenvalue weighted by atomic mass is 16.5. The molecule has 0 heterocycles. The van der Waals surface area contributed by atoms with E-state index < -0.39 is 0 Å². The normalized spacial score (nSPS) is 18.5. The van der Waals surface area contributed by atoms with Crippen molar-refractivity contribution in [2.75, 3.05) is 13.7 Å². The summed E-state index contributed by atoms with van der Waals surface area (Å²) in [5, 5.41) is 3.66. The van der Waals surface area contributed by atoms with Gasteiger partial charge in [0, 0.05) is 6.04 Å². The first-order chi connectivity index (χ1) is 9.83. The number of methoxy groups -OCH3 is 1. The molecule has 2 nitrogen and oxygen atoms in total. The van der Waals surface area contributed by atoms with Gasteiger partial charge in [0.2, 0.25) is 0 Å². The smallest absolute Gasteiger partial charge is 0.119 e. The molecule has 1 unspecified atom stereocenters. The van der Waals surface area contributed by atoms with Gasteiger partial charge in [-0.1, -0.05) is 57.6 Å². The summed E-state index contributed by atoms with van der Waals surface area (Å²) in [7, 11) is 1.74. The predicted octanol–water partition coefficient (Wildman–Crippen LogP) is 4.71. The van der Waals surface area contributed by atoms with Gasteiger partial charge in [-0.05, 0) is 36.6 Å². The average molecular weight is 275 g/mol. The summed E-state index contributed by atoms with van der Waals surface area (Å²) < 4.78 is 5.37. The molecule has 0 radical (unpaired) electrons. The molecule has 1 saturated carbocycles. The Hall–Kier alpha value is -1.02. The maximum Gasteiger partial charge on any atom is 0.119 e. The molecule has 1 aliphatic carbocycles. The minimum absolute atomic E-state index is 0.471. The third-order valence-electron chi connectivity index (χ3n) is 4.49. The Morgan fingerprint density at radius 3 is 2.60 bits per heavy atom. The molecule has 0 aromatic heterocycles. The second-order valence-electron chi connectivity index (χ2n) is 5.98. The molecule has 112 valence electrons. The van der Waals surface area contributed by atoms with Crippen molar-refractivity contribution in [3.63, 3.8) is 0 Å². The molecule has 1 aromatic rings. The maximum absolute atomic E-state index is 5.37. The number of hydrogen-bond acceptors (Lipinski definition) is 2. The lowest BCUT2D eigenvalue weighted by atomic mass is 9.89. The monoisotopic (exact) mass is 275 g/mol. The van der Waals surface area contributed by atoms with E-state index in [4.69, 9.17) is 4.74 Å². The van der Waals surface area contributed by atoms with Crippen LogP contribution in [0.4, 0.5) is 0 Å². The number of ether oxygens (including phenoxy) is 1. The Balaban J connectivity index is 2.04. The standard InChI is InChI=1S/C18H29NO/c1-3-19-18(13-15-9-6-4-5-7-10-15)16-11-8-12-17(14-16)20-2/h8,11-12,14-15,18-19H,3-7,9-10,13H2,1-2H3. The van der Waals surface area contributed by atoms with E-state index in [9.17, 15) is 0 Å². The number of benzene rings is 1. The Kier molecular flexibility index (Phi) is 6.38. The lowest BCUT2D eigenvalue weighted by Gasteiger charge is -2.24. The summed E-state index contributed by atoms with van der Waals surface area (Å²) in [6.07, 6.45) is 9.78. The summed E-state index contributed by atoms with van der Waals surface area (Å²) in [5.74, 6) is 1.85. The van der Waals surface area contributed by atoms with E-state index in [0.29, 0.717) is 6.04 Å². The van der Waals surface area contributed by atoms with Gasteiger partial charge in [-0.25, -0.2) is 0 Å². The van der Waals surface area contributed by atoms with Crippen LogP contribution >= 0.6 is 0 Å². The van der Waals surface area contributed by atoms with Crippen molar-refractivity contribution in [3.8, 4) is 5.75 Å². The molecule has 2 heteroatoms. The Labute approximate surface area is 123 Å². The zero-order valence-electron chi connectivity index (χ0n) is 13.0. The quantitative estimate of drug-likeness (QED) is 0.759. The van der Waals surface area contributed by atoms with Crippen molar-refractivity contribution in [3.05, 3.63) is 29.8 Å². The van der Waals surface area contributed by atoms with Crippen molar-refractivity contribution in [1.29, 1.82) is 0 Å². The van der Waals surface area contributed by atoms with Crippen LogP contribution in [0.1, 0.15) is 63.5 Å². The zero-order valence-corrected chi connectivity index (χ0v) is 13.0. The molecule has 0 saturated heterocycles. The lowest BCUT2D eigenvalue weighted by molar-refractivity contribution is 0.358. The molecular formula is C18H29NO. The minimum Gasteiger partial charge on any atom is -0.497 e. The third-order valence-corrected chi connectivity index (χ3v) is 4.49. The summed E-state index contributed by atoms with van der Waals surface area (Å²) in [4.78, 5) is 0. The van der Waals surface area contributed by atoms with Crippen LogP contribution in [-0.2, 0) is 0 Å².